The zero-order valence-corrected chi connectivity index (χ0v) is 12.0. The minimum Gasteiger partial charge on any atom is -0.321 e. The maximum absolute atomic E-state index is 13.8. The summed E-state index contributed by atoms with van der Waals surface area (Å²) >= 11 is 0. The number of halogens is 1. The van der Waals surface area contributed by atoms with E-state index < -0.39 is 11.7 Å². The number of benzene rings is 2. The summed E-state index contributed by atoms with van der Waals surface area (Å²) in [5.74, 6) is -1.29. The second-order valence-electron chi connectivity index (χ2n) is 4.75. The van der Waals surface area contributed by atoms with E-state index in [0.29, 0.717) is 5.69 Å². The second-order valence-corrected chi connectivity index (χ2v) is 4.75. The van der Waals surface area contributed by atoms with Gasteiger partial charge in [-0.1, -0.05) is 30.3 Å². The minimum absolute atomic E-state index is 0.158. The molecule has 3 aromatic rings. The van der Waals surface area contributed by atoms with Crippen molar-refractivity contribution in [1.82, 2.24) is 15.7 Å². The van der Waals surface area contributed by atoms with Crippen LogP contribution in [0.15, 0.2) is 60.8 Å². The average molecular weight is 307 g/mol. The van der Waals surface area contributed by atoms with Gasteiger partial charge in [0.05, 0.1) is 11.9 Å². The maximum Gasteiger partial charge on any atom is 0.278 e. The third-order valence-electron chi connectivity index (χ3n) is 3.17. The van der Waals surface area contributed by atoms with E-state index in [1.54, 1.807) is 42.5 Å². The van der Waals surface area contributed by atoms with Crippen molar-refractivity contribution in [3.8, 4) is 11.3 Å². The van der Waals surface area contributed by atoms with Crippen molar-refractivity contribution in [2.45, 2.75) is 0 Å². The second kappa shape index (κ2) is 6.23. The molecule has 0 aliphatic rings. The van der Waals surface area contributed by atoms with E-state index in [4.69, 9.17) is 5.73 Å². The molecule has 0 aliphatic heterocycles. The van der Waals surface area contributed by atoms with E-state index in [2.05, 4.69) is 15.3 Å². The summed E-state index contributed by atoms with van der Waals surface area (Å²) in [4.78, 5) is 20.2. The van der Waals surface area contributed by atoms with Gasteiger partial charge < -0.3 is 5.32 Å². The number of rotatable bonds is 3. The fourth-order valence-electron chi connectivity index (χ4n) is 2.06. The molecule has 0 spiro atoms. The molecule has 3 rings (SSSR count). The Bertz CT molecular complexity index is 852. The molecule has 0 bridgehead atoms. The molecule has 0 fully saturated rings. The molecule has 1 heterocycles. The zero-order chi connectivity index (χ0) is 16.2. The van der Waals surface area contributed by atoms with Crippen molar-refractivity contribution in [3.63, 3.8) is 0 Å². The third-order valence-corrected chi connectivity index (χ3v) is 3.17. The van der Waals surface area contributed by atoms with Crippen molar-refractivity contribution in [2.24, 2.45) is 0 Å². The lowest BCUT2D eigenvalue weighted by Gasteiger charge is -2.08. The molecule has 5 nitrogen and oxygen atoms in total. The molecule has 0 saturated heterocycles. The number of carbonyl (C=O) groups excluding carboxylic acids is 1. The largest absolute Gasteiger partial charge is 0.321 e. The quantitative estimate of drug-likeness (QED) is 0.805. The Morgan fingerprint density at radius 3 is 2.48 bits per heavy atom. The highest BCUT2D eigenvalue weighted by Crippen LogP contribution is 2.22. The van der Waals surface area contributed by atoms with Crippen molar-refractivity contribution in [3.05, 3.63) is 72.3 Å². The summed E-state index contributed by atoms with van der Waals surface area (Å²) in [6, 6.07) is 14.9. The number of aromatic nitrogens is 2. The number of hydrogen-bond donors (Lipinski definition) is 1. The fourth-order valence-corrected chi connectivity index (χ4v) is 2.06. The van der Waals surface area contributed by atoms with Crippen LogP contribution in [0.5, 0.6) is 0 Å². The lowest BCUT2D eigenvalue weighted by atomic mass is 10.1. The van der Waals surface area contributed by atoms with E-state index in [-0.39, 0.29) is 22.8 Å². The summed E-state index contributed by atoms with van der Waals surface area (Å²) in [6.07, 6.45) is 1.28. The van der Waals surface area contributed by atoms with Crippen molar-refractivity contribution >= 4 is 17.4 Å². The topological polar surface area (TPSA) is 78.7 Å². The van der Waals surface area contributed by atoms with Gasteiger partial charge in [0, 0.05) is 11.3 Å². The molecule has 1 radical (unpaired) electrons. The molecule has 1 aromatic heterocycles. The van der Waals surface area contributed by atoms with Crippen LogP contribution in [0.1, 0.15) is 10.5 Å². The predicted molar refractivity (Wildman–Crippen MR) is 84.6 cm³/mol. The monoisotopic (exact) mass is 307 g/mol. The smallest absolute Gasteiger partial charge is 0.278 e. The zero-order valence-electron chi connectivity index (χ0n) is 12.0. The number of para-hydroxylation sites is 1. The molecule has 23 heavy (non-hydrogen) atoms. The van der Waals surface area contributed by atoms with Gasteiger partial charge in [-0.2, -0.15) is 0 Å². The highest BCUT2D eigenvalue weighted by Gasteiger charge is 2.16. The van der Waals surface area contributed by atoms with Crippen LogP contribution in [-0.4, -0.2) is 15.9 Å². The number of carbonyl (C=O) groups is 1. The number of nitrogens with one attached hydrogen (secondary N) is 2. The standard InChI is InChI=1S/C17H12FN4O/c18-13-9-5-4-8-12(13)14-10-20-16(19)15(22-14)17(23)21-11-6-2-1-3-7-11/h1-10,19H,(H,21,23). The van der Waals surface area contributed by atoms with Crippen LogP contribution in [0, 0.1) is 5.82 Å². The first kappa shape index (κ1) is 14.6. The van der Waals surface area contributed by atoms with Gasteiger partial charge in [0.1, 0.15) is 5.82 Å². The molecule has 0 unspecified atom stereocenters. The molecule has 0 aliphatic carbocycles. The first-order chi connectivity index (χ1) is 11.1. The van der Waals surface area contributed by atoms with Crippen LogP contribution >= 0.6 is 0 Å². The predicted octanol–water partition coefficient (Wildman–Crippen LogP) is 3.45. The molecule has 113 valence electrons. The van der Waals surface area contributed by atoms with Gasteiger partial charge in [-0.15, -0.1) is 0 Å². The van der Waals surface area contributed by atoms with Crippen molar-refractivity contribution in [1.29, 1.82) is 0 Å². The van der Waals surface area contributed by atoms with E-state index in [9.17, 15) is 9.18 Å². The minimum atomic E-state index is -0.563. The maximum atomic E-state index is 13.8. The Balaban J connectivity index is 1.95. The van der Waals surface area contributed by atoms with Crippen LogP contribution in [-0.2, 0) is 0 Å². The van der Waals surface area contributed by atoms with Crippen molar-refractivity contribution < 1.29 is 9.18 Å². The van der Waals surface area contributed by atoms with Gasteiger partial charge in [-0.05, 0) is 24.3 Å². The first-order valence-corrected chi connectivity index (χ1v) is 6.85. The number of hydrogen-bond acceptors (Lipinski definition) is 3. The van der Waals surface area contributed by atoms with E-state index in [1.807, 2.05) is 6.07 Å². The lowest BCUT2D eigenvalue weighted by Crippen LogP contribution is -2.15. The molecule has 0 saturated carbocycles. The summed E-state index contributed by atoms with van der Waals surface area (Å²) in [5, 5.41) is 2.64. The fraction of sp³-hybridized carbons (Fsp3) is 0. The molecular weight excluding hydrogens is 295 g/mol. The number of anilines is 1. The highest BCUT2D eigenvalue weighted by molar-refractivity contribution is 6.05. The summed E-state index contributed by atoms with van der Waals surface area (Å²) < 4.78 is 13.8. The molecule has 2 N–H and O–H groups in total. The SMILES string of the molecule is [NH]c1ncc(-c2ccccc2F)nc1C(=O)Nc1ccccc1. The van der Waals surface area contributed by atoms with Crippen LogP contribution in [0.2, 0.25) is 0 Å². The molecule has 6 heteroatoms. The first-order valence-electron chi connectivity index (χ1n) is 6.85. The lowest BCUT2D eigenvalue weighted by molar-refractivity contribution is 0.102. The average Bonchev–Trinajstić information content (AvgIpc) is 2.57. The summed E-state index contributed by atoms with van der Waals surface area (Å²) in [5.41, 5.74) is 8.61. The van der Waals surface area contributed by atoms with E-state index in [0.717, 1.165) is 0 Å². The third kappa shape index (κ3) is 3.16. The highest BCUT2D eigenvalue weighted by atomic mass is 19.1. The Labute approximate surface area is 132 Å². The van der Waals surface area contributed by atoms with Crippen LogP contribution in [0.4, 0.5) is 15.9 Å². The van der Waals surface area contributed by atoms with Gasteiger partial charge in [0.2, 0.25) is 0 Å². The Hall–Kier alpha value is -3.28. The molecular formula is C17H12FN4O. The Morgan fingerprint density at radius 1 is 1.04 bits per heavy atom. The normalized spacial score (nSPS) is 10.3. The van der Waals surface area contributed by atoms with Crippen molar-refractivity contribution in [2.75, 3.05) is 5.32 Å². The molecule has 0 atom stereocenters. The molecule has 2 aromatic carbocycles. The van der Waals surface area contributed by atoms with E-state index in [1.165, 1.54) is 12.3 Å². The van der Waals surface area contributed by atoms with Gasteiger partial charge in [0.15, 0.2) is 11.5 Å². The summed E-state index contributed by atoms with van der Waals surface area (Å²) in [6.45, 7) is 0. The van der Waals surface area contributed by atoms with Crippen LogP contribution in [0.25, 0.3) is 11.3 Å². The number of amides is 1. The molecule has 1 amide bonds. The van der Waals surface area contributed by atoms with Gasteiger partial charge in [-0.25, -0.2) is 14.4 Å². The van der Waals surface area contributed by atoms with E-state index >= 15 is 0 Å². The van der Waals surface area contributed by atoms with Gasteiger partial charge in [-0.3, -0.25) is 10.5 Å². The number of nitrogens with zero attached hydrogens (tertiary/aromatic N) is 2. The van der Waals surface area contributed by atoms with Gasteiger partial charge >= 0.3 is 0 Å². The Kier molecular flexibility index (Phi) is 3.97. The van der Waals surface area contributed by atoms with Gasteiger partial charge in [0.25, 0.3) is 5.91 Å². The summed E-state index contributed by atoms with van der Waals surface area (Å²) in [7, 11) is 0. The van der Waals surface area contributed by atoms with Crippen LogP contribution < -0.4 is 11.1 Å². The van der Waals surface area contributed by atoms with Crippen LogP contribution in [0.3, 0.4) is 0 Å². The Morgan fingerprint density at radius 2 is 1.74 bits per heavy atom.